The Kier molecular flexibility index (Phi) is 6.61. The third-order valence-corrected chi connectivity index (χ3v) is 6.45. The first-order valence-corrected chi connectivity index (χ1v) is 11.2. The zero-order valence-electron chi connectivity index (χ0n) is 18.0. The van der Waals surface area contributed by atoms with E-state index in [4.69, 9.17) is 9.47 Å². The van der Waals surface area contributed by atoms with Crippen LogP contribution in [0.3, 0.4) is 0 Å². The van der Waals surface area contributed by atoms with Crippen LogP contribution in [0.4, 0.5) is 11.4 Å². The number of para-hydroxylation sites is 1. The van der Waals surface area contributed by atoms with E-state index < -0.39 is 11.8 Å². The molecule has 1 aromatic heterocycles. The van der Waals surface area contributed by atoms with Gasteiger partial charge in [-0.05, 0) is 41.6 Å². The minimum absolute atomic E-state index is 0.0449. The molecule has 4 rings (SSSR count). The average Bonchev–Trinajstić information content (AvgIpc) is 3.50. The van der Waals surface area contributed by atoms with Crippen LogP contribution in [0.25, 0.3) is 0 Å². The fraction of sp³-hybridized carbons (Fsp3) is 0.250. The van der Waals surface area contributed by atoms with Gasteiger partial charge in [-0.15, -0.1) is 11.3 Å². The third-order valence-electron chi connectivity index (χ3n) is 5.47. The Balaban J connectivity index is 1.43. The monoisotopic (exact) mass is 451 g/mol. The van der Waals surface area contributed by atoms with Gasteiger partial charge in [-0.1, -0.05) is 24.3 Å². The lowest BCUT2D eigenvalue weighted by molar-refractivity contribution is -0.136. The molecular weight excluding hydrogens is 426 g/mol. The minimum Gasteiger partial charge on any atom is -0.493 e. The van der Waals surface area contributed by atoms with Gasteiger partial charge in [0.1, 0.15) is 0 Å². The van der Waals surface area contributed by atoms with Gasteiger partial charge in [0.2, 0.25) is 0 Å². The second-order valence-electron chi connectivity index (χ2n) is 7.34. The molecule has 1 aliphatic rings. The maximum Gasteiger partial charge on any atom is 0.313 e. The fourth-order valence-electron chi connectivity index (χ4n) is 3.90. The molecule has 8 heteroatoms. The number of benzene rings is 2. The number of thiophene rings is 1. The molecule has 0 saturated carbocycles. The van der Waals surface area contributed by atoms with Crippen LogP contribution in [0, 0.1) is 0 Å². The SMILES string of the molecule is COc1ccc(NC(=O)C(=O)NC[C@H](c2cccs2)N2CCc3ccccc32)cc1OC. The van der Waals surface area contributed by atoms with Crippen LogP contribution < -0.4 is 25.0 Å². The van der Waals surface area contributed by atoms with Crippen LogP contribution in [0.5, 0.6) is 11.5 Å². The summed E-state index contributed by atoms with van der Waals surface area (Å²) in [6.07, 6.45) is 0.964. The van der Waals surface area contributed by atoms with Crippen molar-refractivity contribution in [3.63, 3.8) is 0 Å². The Morgan fingerprint density at radius 3 is 2.59 bits per heavy atom. The van der Waals surface area contributed by atoms with Crippen molar-refractivity contribution in [3.05, 3.63) is 70.4 Å². The van der Waals surface area contributed by atoms with Crippen molar-refractivity contribution in [2.75, 3.05) is 37.5 Å². The van der Waals surface area contributed by atoms with Crippen molar-refractivity contribution in [3.8, 4) is 11.5 Å². The van der Waals surface area contributed by atoms with E-state index in [2.05, 4.69) is 33.7 Å². The molecule has 2 N–H and O–H groups in total. The third kappa shape index (κ3) is 4.55. The summed E-state index contributed by atoms with van der Waals surface area (Å²) in [4.78, 5) is 28.5. The van der Waals surface area contributed by atoms with Crippen molar-refractivity contribution >= 4 is 34.5 Å². The normalized spacial score (nSPS) is 13.2. The molecule has 166 valence electrons. The summed E-state index contributed by atoms with van der Waals surface area (Å²) in [6, 6.07) is 17.3. The van der Waals surface area contributed by atoms with Gasteiger partial charge in [-0.25, -0.2) is 0 Å². The van der Waals surface area contributed by atoms with E-state index in [1.165, 1.54) is 25.5 Å². The lowest BCUT2D eigenvalue weighted by Gasteiger charge is -2.30. The number of methoxy groups -OCH3 is 2. The van der Waals surface area contributed by atoms with Gasteiger partial charge in [0, 0.05) is 35.4 Å². The molecule has 0 aliphatic carbocycles. The van der Waals surface area contributed by atoms with Crippen LogP contribution in [0.15, 0.2) is 60.0 Å². The first-order valence-electron chi connectivity index (χ1n) is 10.3. The molecule has 0 spiro atoms. The number of hydrogen-bond acceptors (Lipinski definition) is 6. The molecule has 0 unspecified atom stereocenters. The molecule has 0 saturated heterocycles. The van der Waals surface area contributed by atoms with E-state index in [-0.39, 0.29) is 6.04 Å². The van der Waals surface area contributed by atoms with Crippen LogP contribution in [-0.4, -0.2) is 39.1 Å². The second-order valence-corrected chi connectivity index (χ2v) is 8.32. The molecule has 3 aromatic rings. The number of carbonyl (C=O) groups is 2. The summed E-state index contributed by atoms with van der Waals surface area (Å²) in [7, 11) is 3.05. The number of ether oxygens (including phenoxy) is 2. The van der Waals surface area contributed by atoms with Crippen molar-refractivity contribution in [2.45, 2.75) is 12.5 Å². The van der Waals surface area contributed by atoms with E-state index in [0.717, 1.165) is 17.8 Å². The topological polar surface area (TPSA) is 79.9 Å². The molecule has 0 radical (unpaired) electrons. The molecule has 0 fully saturated rings. The number of nitrogens with zero attached hydrogens (tertiary/aromatic N) is 1. The smallest absolute Gasteiger partial charge is 0.313 e. The molecular formula is C24H25N3O4S. The molecule has 2 heterocycles. The lowest BCUT2D eigenvalue weighted by Crippen LogP contribution is -2.41. The largest absolute Gasteiger partial charge is 0.493 e. The molecule has 32 heavy (non-hydrogen) atoms. The number of nitrogens with one attached hydrogen (secondary N) is 2. The van der Waals surface area contributed by atoms with Gasteiger partial charge >= 0.3 is 11.8 Å². The van der Waals surface area contributed by atoms with Crippen LogP contribution in [0.2, 0.25) is 0 Å². The van der Waals surface area contributed by atoms with E-state index >= 15 is 0 Å². The second kappa shape index (κ2) is 9.74. The van der Waals surface area contributed by atoms with Crippen molar-refractivity contribution in [1.82, 2.24) is 5.32 Å². The molecule has 2 aromatic carbocycles. The van der Waals surface area contributed by atoms with Gasteiger partial charge in [0.15, 0.2) is 11.5 Å². The first kappa shape index (κ1) is 21.7. The van der Waals surface area contributed by atoms with E-state index in [1.54, 1.807) is 29.5 Å². The van der Waals surface area contributed by atoms with Crippen LogP contribution in [-0.2, 0) is 16.0 Å². The maximum atomic E-state index is 12.6. The number of rotatable bonds is 7. The fourth-order valence-corrected chi connectivity index (χ4v) is 4.74. The van der Waals surface area contributed by atoms with Gasteiger partial charge in [0.25, 0.3) is 0 Å². The standard InChI is InChI=1S/C24H25N3O4S/c1-30-20-10-9-17(14-21(20)31-2)26-24(29)23(28)25-15-19(22-8-5-13-32-22)27-12-11-16-6-3-4-7-18(16)27/h3-10,13-14,19H,11-12,15H2,1-2H3,(H,25,28)(H,26,29)/t19-/m1/s1. The molecule has 1 aliphatic heterocycles. The van der Waals surface area contributed by atoms with Crippen molar-refractivity contribution < 1.29 is 19.1 Å². The van der Waals surface area contributed by atoms with Crippen molar-refractivity contribution in [2.24, 2.45) is 0 Å². The molecule has 2 amide bonds. The van der Waals surface area contributed by atoms with Gasteiger partial charge < -0.3 is 25.0 Å². The highest BCUT2D eigenvalue weighted by Crippen LogP contribution is 2.36. The van der Waals surface area contributed by atoms with Gasteiger partial charge in [0.05, 0.1) is 20.3 Å². The van der Waals surface area contributed by atoms with Gasteiger partial charge in [-0.3, -0.25) is 9.59 Å². The number of fused-ring (bicyclic) bond motifs is 1. The van der Waals surface area contributed by atoms with Crippen molar-refractivity contribution in [1.29, 1.82) is 0 Å². The quantitative estimate of drug-likeness (QED) is 0.537. The summed E-state index contributed by atoms with van der Waals surface area (Å²) in [6.45, 7) is 1.20. The zero-order valence-corrected chi connectivity index (χ0v) is 18.8. The number of carbonyl (C=O) groups excluding carboxylic acids is 2. The Morgan fingerprint density at radius 2 is 1.84 bits per heavy atom. The zero-order chi connectivity index (χ0) is 22.5. The Hall–Kier alpha value is -3.52. The van der Waals surface area contributed by atoms with E-state index in [1.807, 2.05) is 23.6 Å². The number of amides is 2. The molecule has 0 bridgehead atoms. The average molecular weight is 452 g/mol. The number of anilines is 2. The summed E-state index contributed by atoms with van der Waals surface area (Å²) in [5, 5.41) is 7.45. The number of hydrogen-bond donors (Lipinski definition) is 2. The van der Waals surface area contributed by atoms with E-state index in [0.29, 0.717) is 23.7 Å². The van der Waals surface area contributed by atoms with Crippen LogP contribution in [0.1, 0.15) is 16.5 Å². The summed E-state index contributed by atoms with van der Waals surface area (Å²) >= 11 is 1.64. The predicted molar refractivity (Wildman–Crippen MR) is 126 cm³/mol. The van der Waals surface area contributed by atoms with Crippen LogP contribution >= 0.6 is 11.3 Å². The highest BCUT2D eigenvalue weighted by Gasteiger charge is 2.28. The maximum absolute atomic E-state index is 12.6. The highest BCUT2D eigenvalue weighted by atomic mass is 32.1. The summed E-state index contributed by atoms with van der Waals surface area (Å²) < 4.78 is 10.4. The summed E-state index contributed by atoms with van der Waals surface area (Å²) in [5.74, 6) is -0.409. The molecule has 7 nitrogen and oxygen atoms in total. The van der Waals surface area contributed by atoms with E-state index in [9.17, 15) is 9.59 Å². The summed E-state index contributed by atoms with van der Waals surface area (Å²) in [5.41, 5.74) is 2.92. The Labute approximate surface area is 191 Å². The highest BCUT2D eigenvalue weighted by molar-refractivity contribution is 7.10. The predicted octanol–water partition coefficient (Wildman–Crippen LogP) is 3.62. The van der Waals surface area contributed by atoms with Gasteiger partial charge in [-0.2, -0.15) is 0 Å². The Morgan fingerprint density at radius 1 is 1.03 bits per heavy atom. The minimum atomic E-state index is -0.732. The Bertz CT molecular complexity index is 1100. The first-order chi connectivity index (χ1) is 15.6. The molecule has 1 atom stereocenters. The lowest BCUT2D eigenvalue weighted by atomic mass is 10.1.